The molecule has 2 N–H and O–H groups in total. The molecule has 1 aliphatic heterocycles. The van der Waals surface area contributed by atoms with E-state index >= 15 is 0 Å². The molecule has 0 radical (unpaired) electrons. The van der Waals surface area contributed by atoms with Gasteiger partial charge < -0.3 is 10.1 Å². The number of benzene rings is 1. The Labute approximate surface area is 136 Å². The molecule has 0 saturated carbocycles. The molecule has 7 heteroatoms. The van der Waals surface area contributed by atoms with Crippen LogP contribution in [-0.4, -0.2) is 27.9 Å². The molecule has 23 heavy (non-hydrogen) atoms. The second-order valence-electron chi connectivity index (χ2n) is 5.44. The van der Waals surface area contributed by atoms with Crippen LogP contribution in [0.1, 0.15) is 10.4 Å². The maximum absolute atomic E-state index is 11.5. The van der Waals surface area contributed by atoms with E-state index in [9.17, 15) is 4.79 Å². The molecular formula is C16H16N4O2S. The lowest BCUT2D eigenvalue weighted by atomic mass is 10.0. The molecule has 3 heterocycles. The van der Waals surface area contributed by atoms with Crippen molar-refractivity contribution in [3.8, 4) is 16.2 Å². The van der Waals surface area contributed by atoms with Crippen LogP contribution in [0.4, 0.5) is 5.69 Å². The first-order chi connectivity index (χ1) is 11.2. The van der Waals surface area contributed by atoms with Crippen molar-refractivity contribution in [2.24, 2.45) is 0 Å². The van der Waals surface area contributed by atoms with Crippen LogP contribution in [0, 0.1) is 6.92 Å². The van der Waals surface area contributed by atoms with Crippen molar-refractivity contribution in [2.45, 2.75) is 13.5 Å². The highest BCUT2D eigenvalue weighted by atomic mass is 32.1. The summed E-state index contributed by atoms with van der Waals surface area (Å²) >= 11 is 1.69. The largest absolute Gasteiger partial charge is 0.490 e. The Balaban J connectivity index is 1.67. The van der Waals surface area contributed by atoms with Crippen molar-refractivity contribution in [1.29, 1.82) is 0 Å². The quantitative estimate of drug-likeness (QED) is 0.775. The third-order valence-corrected chi connectivity index (χ3v) is 5.06. The topological polar surface area (TPSA) is 71.9 Å². The van der Waals surface area contributed by atoms with Gasteiger partial charge in [-0.1, -0.05) is 0 Å². The number of hydrogen-bond donors (Lipinski definition) is 2. The van der Waals surface area contributed by atoms with Crippen LogP contribution < -0.4 is 15.7 Å². The fourth-order valence-corrected chi connectivity index (χ4v) is 3.88. The van der Waals surface area contributed by atoms with Crippen molar-refractivity contribution in [3.05, 3.63) is 51.5 Å². The highest BCUT2D eigenvalue weighted by molar-refractivity contribution is 7.15. The van der Waals surface area contributed by atoms with Gasteiger partial charge in [0.1, 0.15) is 18.7 Å². The molecule has 0 amide bonds. The number of fused-ring (bicyclic) bond motifs is 1. The molecule has 2 aromatic heterocycles. The molecule has 1 aromatic carbocycles. The molecule has 6 nitrogen and oxygen atoms in total. The predicted octanol–water partition coefficient (Wildman–Crippen LogP) is 2.46. The Morgan fingerprint density at radius 2 is 2.26 bits per heavy atom. The molecule has 0 unspecified atom stereocenters. The van der Waals surface area contributed by atoms with Gasteiger partial charge in [-0.05, 0) is 42.3 Å². The monoisotopic (exact) mass is 328 g/mol. The predicted molar refractivity (Wildman–Crippen MR) is 90.4 cm³/mol. The second kappa shape index (κ2) is 5.58. The van der Waals surface area contributed by atoms with E-state index in [0.29, 0.717) is 13.2 Å². The first-order valence-corrected chi connectivity index (χ1v) is 8.23. The van der Waals surface area contributed by atoms with Gasteiger partial charge in [-0.15, -0.1) is 11.3 Å². The van der Waals surface area contributed by atoms with Crippen LogP contribution in [0.15, 0.2) is 35.4 Å². The minimum atomic E-state index is -0.189. The average Bonchev–Trinajstić information content (AvgIpc) is 3.18. The maximum Gasteiger partial charge on any atom is 0.343 e. The number of thiophene rings is 1. The minimum absolute atomic E-state index is 0.189. The number of anilines is 1. The summed E-state index contributed by atoms with van der Waals surface area (Å²) < 4.78 is 7.24. The lowest BCUT2D eigenvalue weighted by Gasteiger charge is -2.22. The van der Waals surface area contributed by atoms with E-state index in [1.165, 1.54) is 22.3 Å². The summed E-state index contributed by atoms with van der Waals surface area (Å²) in [6.07, 6.45) is 1.52. The zero-order valence-electron chi connectivity index (χ0n) is 12.6. The average molecular weight is 328 g/mol. The summed E-state index contributed by atoms with van der Waals surface area (Å²) in [5.41, 5.74) is 3.27. The van der Waals surface area contributed by atoms with Crippen molar-refractivity contribution < 1.29 is 4.74 Å². The summed E-state index contributed by atoms with van der Waals surface area (Å²) in [6.45, 7) is 4.17. The summed E-state index contributed by atoms with van der Waals surface area (Å²) in [7, 11) is 0. The Hall–Kier alpha value is -2.54. The number of nitrogens with zero attached hydrogens (tertiary/aromatic N) is 2. The lowest BCUT2D eigenvalue weighted by Crippen LogP contribution is -2.18. The van der Waals surface area contributed by atoms with Crippen LogP contribution >= 0.6 is 11.3 Å². The fourth-order valence-electron chi connectivity index (χ4n) is 2.79. The minimum Gasteiger partial charge on any atom is -0.490 e. The number of ether oxygens (including phenoxy) is 1. The SMILES string of the molecule is Cc1c(-c2ccc(Cn3cn[nH]c3=O)s2)ccc2c1NCCO2. The molecule has 1 aliphatic rings. The van der Waals surface area contributed by atoms with Crippen molar-refractivity contribution in [2.75, 3.05) is 18.5 Å². The Bertz CT molecular complexity index is 909. The van der Waals surface area contributed by atoms with Gasteiger partial charge >= 0.3 is 5.69 Å². The number of aromatic nitrogens is 3. The van der Waals surface area contributed by atoms with E-state index in [2.05, 4.69) is 40.6 Å². The van der Waals surface area contributed by atoms with Gasteiger partial charge in [0.25, 0.3) is 0 Å². The highest BCUT2D eigenvalue weighted by Crippen LogP contribution is 2.39. The van der Waals surface area contributed by atoms with Crippen LogP contribution in [0.2, 0.25) is 0 Å². The zero-order chi connectivity index (χ0) is 15.8. The third-order valence-electron chi connectivity index (χ3n) is 3.96. The summed E-state index contributed by atoms with van der Waals surface area (Å²) in [5, 5.41) is 9.58. The normalized spacial score (nSPS) is 13.3. The van der Waals surface area contributed by atoms with Gasteiger partial charge in [0.2, 0.25) is 0 Å². The van der Waals surface area contributed by atoms with Gasteiger partial charge in [0, 0.05) is 16.3 Å². The Morgan fingerprint density at radius 1 is 1.35 bits per heavy atom. The lowest BCUT2D eigenvalue weighted by molar-refractivity contribution is 0.323. The molecular weight excluding hydrogens is 312 g/mol. The van der Waals surface area contributed by atoms with Crippen molar-refractivity contribution >= 4 is 17.0 Å². The molecule has 118 valence electrons. The fraction of sp³-hybridized carbons (Fsp3) is 0.250. The second-order valence-corrected chi connectivity index (χ2v) is 6.61. The molecule has 0 bridgehead atoms. The van der Waals surface area contributed by atoms with E-state index in [4.69, 9.17) is 4.74 Å². The van der Waals surface area contributed by atoms with E-state index < -0.39 is 0 Å². The molecule has 0 aliphatic carbocycles. The highest BCUT2D eigenvalue weighted by Gasteiger charge is 2.16. The number of H-pyrrole nitrogens is 1. The standard InChI is InChI=1S/C16H16N4O2S/c1-10-12(3-4-13-15(10)17-6-7-22-13)14-5-2-11(23-14)8-20-9-18-19-16(20)21/h2-5,9,17H,6-8H2,1H3,(H,19,21). The van der Waals surface area contributed by atoms with E-state index in [-0.39, 0.29) is 5.69 Å². The van der Waals surface area contributed by atoms with Gasteiger partial charge in [0.15, 0.2) is 0 Å². The Morgan fingerprint density at radius 3 is 3.09 bits per heavy atom. The molecule has 0 fully saturated rings. The van der Waals surface area contributed by atoms with Gasteiger partial charge in [-0.3, -0.25) is 4.57 Å². The molecule has 0 atom stereocenters. The van der Waals surface area contributed by atoms with E-state index in [1.807, 2.05) is 6.07 Å². The van der Waals surface area contributed by atoms with Crippen molar-refractivity contribution in [3.63, 3.8) is 0 Å². The van der Waals surface area contributed by atoms with Crippen LogP contribution in [0.25, 0.3) is 10.4 Å². The molecule has 3 aromatic rings. The van der Waals surface area contributed by atoms with E-state index in [1.54, 1.807) is 15.9 Å². The summed E-state index contributed by atoms with van der Waals surface area (Å²) in [4.78, 5) is 13.8. The summed E-state index contributed by atoms with van der Waals surface area (Å²) in [6, 6.07) is 8.27. The van der Waals surface area contributed by atoms with Crippen LogP contribution in [0.3, 0.4) is 0 Å². The zero-order valence-corrected chi connectivity index (χ0v) is 13.4. The summed E-state index contributed by atoms with van der Waals surface area (Å²) in [5.74, 6) is 0.916. The first kappa shape index (κ1) is 14.1. The van der Waals surface area contributed by atoms with Crippen LogP contribution in [-0.2, 0) is 6.54 Å². The maximum atomic E-state index is 11.5. The van der Waals surface area contributed by atoms with Crippen molar-refractivity contribution in [1.82, 2.24) is 14.8 Å². The molecule has 0 spiro atoms. The van der Waals surface area contributed by atoms with Gasteiger partial charge in [0.05, 0.1) is 12.2 Å². The number of nitrogens with one attached hydrogen (secondary N) is 2. The third kappa shape index (κ3) is 2.53. The first-order valence-electron chi connectivity index (χ1n) is 7.41. The molecule has 4 rings (SSSR count). The van der Waals surface area contributed by atoms with Gasteiger partial charge in [-0.25, -0.2) is 9.89 Å². The van der Waals surface area contributed by atoms with E-state index in [0.717, 1.165) is 22.9 Å². The Kier molecular flexibility index (Phi) is 3.42. The smallest absolute Gasteiger partial charge is 0.343 e. The number of hydrogen-bond acceptors (Lipinski definition) is 5. The number of rotatable bonds is 3. The molecule has 0 saturated heterocycles. The van der Waals surface area contributed by atoms with Gasteiger partial charge in [-0.2, -0.15) is 5.10 Å². The number of aromatic amines is 1. The van der Waals surface area contributed by atoms with Crippen LogP contribution in [0.5, 0.6) is 5.75 Å².